The third kappa shape index (κ3) is 51.2. The molecule has 0 aromatic carbocycles. The smallest absolute Gasteiger partial charge is 0.306 e. The molecule has 0 heterocycles. The first-order valence-corrected chi connectivity index (χ1v) is 26.7. The van der Waals surface area contributed by atoms with Gasteiger partial charge >= 0.3 is 17.9 Å². The van der Waals surface area contributed by atoms with Gasteiger partial charge in [-0.15, -0.1) is 0 Å². The van der Waals surface area contributed by atoms with Crippen molar-refractivity contribution in [3.63, 3.8) is 0 Å². The highest BCUT2D eigenvalue weighted by Gasteiger charge is 2.19. The van der Waals surface area contributed by atoms with Crippen LogP contribution in [0.1, 0.15) is 239 Å². The van der Waals surface area contributed by atoms with Crippen LogP contribution in [0.2, 0.25) is 0 Å². The zero-order valence-electron chi connectivity index (χ0n) is 42.2. The van der Waals surface area contributed by atoms with Crippen molar-refractivity contribution in [3.05, 3.63) is 97.2 Å². The molecule has 6 nitrogen and oxygen atoms in total. The van der Waals surface area contributed by atoms with E-state index < -0.39 is 6.10 Å². The third-order valence-corrected chi connectivity index (χ3v) is 11.1. The Labute approximate surface area is 400 Å². The number of unbranched alkanes of at least 4 members (excludes halogenated alkanes) is 20. The van der Waals surface area contributed by atoms with Gasteiger partial charge in [-0.3, -0.25) is 14.4 Å². The lowest BCUT2D eigenvalue weighted by Crippen LogP contribution is -2.30. The lowest BCUT2D eigenvalue weighted by molar-refractivity contribution is -0.167. The van der Waals surface area contributed by atoms with Gasteiger partial charge in [-0.25, -0.2) is 0 Å². The van der Waals surface area contributed by atoms with E-state index in [4.69, 9.17) is 14.2 Å². The van der Waals surface area contributed by atoms with E-state index in [1.165, 1.54) is 103 Å². The monoisotopic (exact) mass is 903 g/mol. The molecular weight excluding hydrogens is 805 g/mol. The van der Waals surface area contributed by atoms with Crippen LogP contribution in [0, 0.1) is 0 Å². The molecule has 0 spiro atoms. The number of esters is 3. The van der Waals surface area contributed by atoms with Crippen molar-refractivity contribution in [2.75, 3.05) is 13.2 Å². The van der Waals surface area contributed by atoms with Gasteiger partial charge in [0.2, 0.25) is 0 Å². The predicted molar refractivity (Wildman–Crippen MR) is 279 cm³/mol. The van der Waals surface area contributed by atoms with Crippen LogP contribution in [0.25, 0.3) is 0 Å². The zero-order valence-corrected chi connectivity index (χ0v) is 42.2. The first kappa shape index (κ1) is 61.3. The maximum atomic E-state index is 12.8. The van der Waals surface area contributed by atoms with Crippen molar-refractivity contribution in [1.29, 1.82) is 0 Å². The summed E-state index contributed by atoms with van der Waals surface area (Å²) in [7, 11) is 0. The second kappa shape index (κ2) is 52.9. The molecule has 0 unspecified atom stereocenters. The van der Waals surface area contributed by atoms with Crippen molar-refractivity contribution in [1.82, 2.24) is 0 Å². The average molecular weight is 903 g/mol. The minimum Gasteiger partial charge on any atom is -0.462 e. The number of rotatable bonds is 47. The van der Waals surface area contributed by atoms with Crippen LogP contribution < -0.4 is 0 Å². The Bertz CT molecular complexity index is 1310. The molecule has 0 bridgehead atoms. The van der Waals surface area contributed by atoms with E-state index in [1.807, 2.05) is 0 Å². The van der Waals surface area contributed by atoms with Crippen LogP contribution in [0.5, 0.6) is 0 Å². The zero-order chi connectivity index (χ0) is 47.2. The fourth-order valence-corrected chi connectivity index (χ4v) is 7.07. The van der Waals surface area contributed by atoms with Gasteiger partial charge in [0.1, 0.15) is 13.2 Å². The van der Waals surface area contributed by atoms with E-state index >= 15 is 0 Å². The van der Waals surface area contributed by atoms with Crippen molar-refractivity contribution in [2.24, 2.45) is 0 Å². The van der Waals surface area contributed by atoms with Gasteiger partial charge in [-0.05, 0) is 96.3 Å². The highest BCUT2D eigenvalue weighted by molar-refractivity contribution is 5.71. The first-order valence-electron chi connectivity index (χ1n) is 26.7. The highest BCUT2D eigenvalue weighted by Crippen LogP contribution is 2.15. The van der Waals surface area contributed by atoms with E-state index in [9.17, 15) is 14.4 Å². The Hall–Kier alpha value is -3.67. The first-order chi connectivity index (χ1) is 32.0. The summed E-state index contributed by atoms with van der Waals surface area (Å²) in [6.07, 6.45) is 69.7. The van der Waals surface area contributed by atoms with Crippen LogP contribution in [0.3, 0.4) is 0 Å². The summed E-state index contributed by atoms with van der Waals surface area (Å²) in [6, 6.07) is 0. The summed E-state index contributed by atoms with van der Waals surface area (Å²) in [5.74, 6) is -1.01. The van der Waals surface area contributed by atoms with Crippen LogP contribution in [0.4, 0.5) is 0 Å². The summed E-state index contributed by atoms with van der Waals surface area (Å²) in [5.41, 5.74) is 0. The maximum Gasteiger partial charge on any atom is 0.306 e. The minimum atomic E-state index is -0.815. The number of ether oxygens (including phenoxy) is 3. The molecule has 0 aliphatic heterocycles. The van der Waals surface area contributed by atoms with Gasteiger partial charge < -0.3 is 14.2 Å². The minimum absolute atomic E-state index is 0.114. The topological polar surface area (TPSA) is 78.9 Å². The van der Waals surface area contributed by atoms with Gasteiger partial charge in [0.15, 0.2) is 6.10 Å². The molecule has 0 saturated heterocycles. The molecule has 0 rings (SSSR count). The highest BCUT2D eigenvalue weighted by atomic mass is 16.6. The predicted octanol–water partition coefficient (Wildman–Crippen LogP) is 17.8. The number of carbonyl (C=O) groups is 3. The molecule has 0 saturated carbocycles. The molecule has 0 fully saturated rings. The van der Waals surface area contributed by atoms with Gasteiger partial charge in [0, 0.05) is 19.3 Å². The number of hydrogen-bond donors (Lipinski definition) is 0. The molecule has 65 heavy (non-hydrogen) atoms. The standard InChI is InChI=1S/C59H98O6/c1-4-7-10-13-16-19-22-25-28-29-32-34-37-40-43-46-49-52-58(61)64-55-56(65-59(62)53-50-47-44-41-38-35-31-27-24-21-18-15-12-9-6-3)54-63-57(60)51-48-45-42-39-36-33-30-26-23-20-17-14-11-8-5-2/h7,10,16-17,19-20,25-26,28,30,32,34,36,39-40,43,56H,4-6,8-9,11-15,18,21-24,27,29,31,33,35,37-38,41-42,44-55H2,1-3H3/b10-7-,19-16-,20-17-,28-25-,30-26-,34-32-,39-36-,43-40-/t56-/m0/s1. The summed E-state index contributed by atoms with van der Waals surface area (Å²) in [6.45, 7) is 6.41. The molecule has 0 aromatic heterocycles. The quantitative estimate of drug-likeness (QED) is 0.0262. The summed E-state index contributed by atoms with van der Waals surface area (Å²) in [4.78, 5) is 38.0. The molecule has 0 amide bonds. The van der Waals surface area contributed by atoms with Crippen LogP contribution in [-0.4, -0.2) is 37.2 Å². The lowest BCUT2D eigenvalue weighted by atomic mass is 10.0. The molecule has 1 atom stereocenters. The second-order valence-electron chi connectivity index (χ2n) is 17.4. The fourth-order valence-electron chi connectivity index (χ4n) is 7.07. The van der Waals surface area contributed by atoms with E-state index in [2.05, 4.69) is 118 Å². The van der Waals surface area contributed by atoms with Gasteiger partial charge in [-0.2, -0.15) is 0 Å². The molecule has 370 valence electrons. The van der Waals surface area contributed by atoms with Crippen molar-refractivity contribution in [2.45, 2.75) is 245 Å². The number of allylic oxidation sites excluding steroid dienone is 16. The van der Waals surface area contributed by atoms with Gasteiger partial charge in [0.05, 0.1) is 0 Å². The Morgan fingerprint density at radius 3 is 1.03 bits per heavy atom. The van der Waals surface area contributed by atoms with Crippen LogP contribution >= 0.6 is 0 Å². The van der Waals surface area contributed by atoms with Crippen LogP contribution in [0.15, 0.2) is 97.2 Å². The Morgan fingerprint density at radius 2 is 0.615 bits per heavy atom. The Kier molecular flexibility index (Phi) is 50.0. The molecule has 0 aromatic rings. The number of hydrogen-bond acceptors (Lipinski definition) is 6. The summed E-state index contributed by atoms with van der Waals surface area (Å²) >= 11 is 0. The van der Waals surface area contributed by atoms with Crippen molar-refractivity contribution >= 4 is 17.9 Å². The summed E-state index contributed by atoms with van der Waals surface area (Å²) < 4.78 is 16.7. The molecular formula is C59H98O6. The molecule has 6 heteroatoms. The Morgan fingerprint density at radius 1 is 0.323 bits per heavy atom. The van der Waals surface area contributed by atoms with E-state index in [1.54, 1.807) is 0 Å². The number of carbonyl (C=O) groups excluding carboxylic acids is 3. The molecule has 0 aliphatic rings. The maximum absolute atomic E-state index is 12.8. The second-order valence-corrected chi connectivity index (χ2v) is 17.4. The average Bonchev–Trinajstić information content (AvgIpc) is 3.30. The van der Waals surface area contributed by atoms with E-state index in [-0.39, 0.29) is 37.5 Å². The van der Waals surface area contributed by atoms with Crippen molar-refractivity contribution < 1.29 is 28.6 Å². The molecule has 0 N–H and O–H groups in total. The van der Waals surface area contributed by atoms with Gasteiger partial charge in [-0.1, -0.05) is 221 Å². The molecule has 0 aliphatic carbocycles. The molecule has 0 radical (unpaired) electrons. The normalized spacial score (nSPS) is 12.8. The van der Waals surface area contributed by atoms with Crippen molar-refractivity contribution in [3.8, 4) is 0 Å². The van der Waals surface area contributed by atoms with Crippen LogP contribution in [-0.2, 0) is 28.6 Å². The van der Waals surface area contributed by atoms with E-state index in [0.717, 1.165) is 89.9 Å². The summed E-state index contributed by atoms with van der Waals surface area (Å²) in [5, 5.41) is 0. The SMILES string of the molecule is CC/C=C\C/C=C\C/C=C\C/C=C\C/C=C\CCCC(=O)OC[C@H](COC(=O)CCCC/C=C\C/C=C\C/C=C\CCCCC)OC(=O)CCCCCCCCCCCCCCCCC. The Balaban J connectivity index is 4.53. The third-order valence-electron chi connectivity index (χ3n) is 11.1. The fraction of sp³-hybridized carbons (Fsp3) is 0.678. The largest absolute Gasteiger partial charge is 0.462 e. The van der Waals surface area contributed by atoms with Gasteiger partial charge in [0.25, 0.3) is 0 Å². The van der Waals surface area contributed by atoms with E-state index in [0.29, 0.717) is 19.3 Å². The lowest BCUT2D eigenvalue weighted by Gasteiger charge is -2.18.